The van der Waals surface area contributed by atoms with Crippen LogP contribution in [0.4, 0.5) is 17.1 Å². The van der Waals surface area contributed by atoms with Gasteiger partial charge in [-0.05, 0) is 19.3 Å². The third-order valence-corrected chi connectivity index (χ3v) is 4.33. The minimum absolute atomic E-state index is 0.0483. The molecule has 0 saturated heterocycles. The van der Waals surface area contributed by atoms with E-state index in [0.717, 1.165) is 38.2 Å². The van der Waals surface area contributed by atoms with Gasteiger partial charge in [-0.3, -0.25) is 20.2 Å². The van der Waals surface area contributed by atoms with Crippen LogP contribution in [0, 0.1) is 20.2 Å². The fraction of sp³-hybridized carbons (Fsp3) is 0.611. The fourth-order valence-corrected chi connectivity index (χ4v) is 2.99. The van der Waals surface area contributed by atoms with E-state index < -0.39 is 27.2 Å². The number of hydrogen-bond donors (Lipinski definition) is 2. The summed E-state index contributed by atoms with van der Waals surface area (Å²) < 4.78 is 0. The van der Waals surface area contributed by atoms with E-state index in [4.69, 9.17) is 0 Å². The highest BCUT2D eigenvalue weighted by Crippen LogP contribution is 2.40. The number of carbonyl (C=O) groups is 1. The molecule has 0 unspecified atom stereocenters. The van der Waals surface area contributed by atoms with E-state index in [9.17, 15) is 30.1 Å². The Labute approximate surface area is 158 Å². The van der Waals surface area contributed by atoms with E-state index in [1.807, 2.05) is 6.92 Å². The van der Waals surface area contributed by atoms with E-state index >= 15 is 0 Å². The van der Waals surface area contributed by atoms with Gasteiger partial charge in [-0.15, -0.1) is 0 Å². The van der Waals surface area contributed by atoms with Crippen molar-refractivity contribution in [3.05, 3.63) is 37.4 Å². The zero-order valence-corrected chi connectivity index (χ0v) is 15.8. The summed E-state index contributed by atoms with van der Waals surface area (Å²) in [6, 6.07) is 0.930. The normalized spacial score (nSPS) is 10.6. The summed E-state index contributed by atoms with van der Waals surface area (Å²) in [7, 11) is 0. The number of nitrogens with zero attached hydrogens (tertiary/aromatic N) is 2. The molecule has 9 heteroatoms. The number of hydrogen-bond acceptors (Lipinski definition) is 6. The Morgan fingerprint density at radius 2 is 1.67 bits per heavy atom. The molecule has 0 atom stereocenters. The molecule has 1 aromatic rings. The lowest BCUT2D eigenvalue weighted by Crippen LogP contribution is -2.13. The smallest absolute Gasteiger partial charge is 0.336 e. The van der Waals surface area contributed by atoms with Gasteiger partial charge in [0, 0.05) is 18.2 Å². The maximum atomic E-state index is 11.7. The van der Waals surface area contributed by atoms with Crippen molar-refractivity contribution >= 4 is 23.0 Å². The van der Waals surface area contributed by atoms with Crippen LogP contribution < -0.4 is 5.32 Å². The molecule has 0 aromatic heterocycles. The average molecular weight is 381 g/mol. The summed E-state index contributed by atoms with van der Waals surface area (Å²) in [5, 5.41) is 35.2. The number of nitro benzene ring substituents is 2. The van der Waals surface area contributed by atoms with Crippen molar-refractivity contribution in [1.82, 2.24) is 0 Å². The van der Waals surface area contributed by atoms with Gasteiger partial charge in [-0.25, -0.2) is 4.79 Å². The zero-order valence-electron chi connectivity index (χ0n) is 15.8. The van der Waals surface area contributed by atoms with Gasteiger partial charge in [0.25, 0.3) is 5.69 Å². The molecule has 1 aromatic carbocycles. The van der Waals surface area contributed by atoms with Crippen LogP contribution in [0.5, 0.6) is 0 Å². The molecule has 0 radical (unpaired) electrons. The molecule has 2 N–H and O–H groups in total. The van der Waals surface area contributed by atoms with E-state index in [2.05, 4.69) is 12.2 Å². The molecule has 0 amide bonds. The summed E-state index contributed by atoms with van der Waals surface area (Å²) in [5.41, 5.74) is -1.61. The standard InChI is InChI=1S/C18H27N3O6/c1-3-5-6-7-8-9-10-13-14(18(22)23)12-15(20(24)25)16(19-11-4-2)17(13)21(26)27/h12,19H,3-11H2,1-2H3,(H,22,23). The number of benzene rings is 1. The number of carboxylic acids is 1. The van der Waals surface area contributed by atoms with Gasteiger partial charge < -0.3 is 10.4 Å². The Bertz CT molecular complexity index is 690. The lowest BCUT2D eigenvalue weighted by molar-refractivity contribution is -0.392. The Morgan fingerprint density at radius 3 is 2.19 bits per heavy atom. The monoisotopic (exact) mass is 381 g/mol. The summed E-state index contributed by atoms with van der Waals surface area (Å²) in [5.74, 6) is -1.40. The minimum Gasteiger partial charge on any atom is -0.478 e. The van der Waals surface area contributed by atoms with Crippen molar-refractivity contribution in [2.75, 3.05) is 11.9 Å². The fourth-order valence-electron chi connectivity index (χ4n) is 2.99. The van der Waals surface area contributed by atoms with Crippen molar-refractivity contribution in [2.24, 2.45) is 0 Å². The molecule has 1 rings (SSSR count). The van der Waals surface area contributed by atoms with Crippen LogP contribution in [0.15, 0.2) is 6.07 Å². The van der Waals surface area contributed by atoms with E-state index in [1.165, 1.54) is 0 Å². The molecule has 150 valence electrons. The molecule has 9 nitrogen and oxygen atoms in total. The molecule has 0 aliphatic heterocycles. The molecule has 0 aliphatic carbocycles. The molecule has 0 aliphatic rings. The van der Waals surface area contributed by atoms with Crippen LogP contribution in [-0.2, 0) is 6.42 Å². The third kappa shape index (κ3) is 6.19. The highest BCUT2D eigenvalue weighted by molar-refractivity contribution is 5.95. The summed E-state index contributed by atoms with van der Waals surface area (Å²) >= 11 is 0. The first kappa shape index (κ1) is 22.3. The molecule has 0 spiro atoms. The highest BCUT2D eigenvalue weighted by atomic mass is 16.6. The number of aromatic carboxylic acids is 1. The number of rotatable bonds is 13. The predicted molar refractivity (Wildman–Crippen MR) is 103 cm³/mol. The molecule has 0 fully saturated rings. The van der Waals surface area contributed by atoms with E-state index in [1.54, 1.807) is 0 Å². The Balaban J connectivity index is 3.32. The maximum absolute atomic E-state index is 11.7. The first-order valence-corrected chi connectivity index (χ1v) is 9.30. The Kier molecular flexibility index (Phi) is 9.18. The quantitative estimate of drug-likeness (QED) is 0.281. The van der Waals surface area contributed by atoms with Crippen LogP contribution >= 0.6 is 0 Å². The maximum Gasteiger partial charge on any atom is 0.336 e. The number of nitrogens with one attached hydrogen (secondary N) is 1. The van der Waals surface area contributed by atoms with Gasteiger partial charge in [0.05, 0.1) is 15.4 Å². The number of nitro groups is 2. The zero-order chi connectivity index (χ0) is 20.4. The number of carboxylic acid groups (broad SMARTS) is 1. The van der Waals surface area contributed by atoms with Crippen molar-refractivity contribution in [3.63, 3.8) is 0 Å². The van der Waals surface area contributed by atoms with Gasteiger partial charge >= 0.3 is 11.7 Å². The lowest BCUT2D eigenvalue weighted by Gasteiger charge is -2.13. The lowest BCUT2D eigenvalue weighted by atomic mass is 9.96. The highest BCUT2D eigenvalue weighted by Gasteiger charge is 2.33. The molecule has 0 heterocycles. The van der Waals surface area contributed by atoms with E-state index in [0.29, 0.717) is 19.4 Å². The van der Waals surface area contributed by atoms with Crippen molar-refractivity contribution < 1.29 is 19.7 Å². The van der Waals surface area contributed by atoms with Gasteiger partial charge in [0.2, 0.25) is 0 Å². The molecule has 27 heavy (non-hydrogen) atoms. The molecule has 0 bridgehead atoms. The van der Waals surface area contributed by atoms with Crippen LogP contribution in [-0.4, -0.2) is 27.5 Å². The van der Waals surface area contributed by atoms with Crippen molar-refractivity contribution in [1.29, 1.82) is 0 Å². The second-order valence-electron chi connectivity index (χ2n) is 6.41. The van der Waals surface area contributed by atoms with Crippen LogP contribution in [0.1, 0.15) is 74.7 Å². The predicted octanol–water partition coefficient (Wildman–Crippen LogP) is 4.93. The van der Waals surface area contributed by atoms with Gasteiger partial charge in [-0.2, -0.15) is 0 Å². The van der Waals surface area contributed by atoms with Gasteiger partial charge in [0.1, 0.15) is 0 Å². The molecular formula is C18H27N3O6. The van der Waals surface area contributed by atoms with E-state index in [-0.39, 0.29) is 23.2 Å². The van der Waals surface area contributed by atoms with Crippen LogP contribution in [0.25, 0.3) is 0 Å². The van der Waals surface area contributed by atoms with Crippen molar-refractivity contribution in [2.45, 2.75) is 65.2 Å². The summed E-state index contributed by atoms with van der Waals surface area (Å²) in [4.78, 5) is 33.1. The summed E-state index contributed by atoms with van der Waals surface area (Å²) in [6.07, 6.45) is 6.48. The topological polar surface area (TPSA) is 136 Å². The first-order valence-electron chi connectivity index (χ1n) is 9.30. The van der Waals surface area contributed by atoms with Crippen LogP contribution in [0.3, 0.4) is 0 Å². The Hall–Kier alpha value is -2.71. The average Bonchev–Trinajstić information content (AvgIpc) is 2.61. The number of unbranched alkanes of at least 4 members (excludes halogenated alkanes) is 5. The largest absolute Gasteiger partial charge is 0.478 e. The Morgan fingerprint density at radius 1 is 1.04 bits per heavy atom. The van der Waals surface area contributed by atoms with Crippen LogP contribution in [0.2, 0.25) is 0 Å². The first-order chi connectivity index (χ1) is 12.8. The van der Waals surface area contributed by atoms with Gasteiger partial charge in [-0.1, -0.05) is 46.0 Å². The van der Waals surface area contributed by atoms with Gasteiger partial charge in [0.15, 0.2) is 5.69 Å². The second-order valence-corrected chi connectivity index (χ2v) is 6.41. The SMILES string of the molecule is CCCCCCCCc1c(C(=O)O)cc([N+](=O)[O-])c(NCCC)c1[N+](=O)[O-]. The second kappa shape index (κ2) is 11.1. The number of anilines is 1. The molecule has 0 saturated carbocycles. The summed E-state index contributed by atoms with van der Waals surface area (Å²) in [6.45, 7) is 4.24. The minimum atomic E-state index is -1.40. The third-order valence-electron chi connectivity index (χ3n) is 4.33. The van der Waals surface area contributed by atoms with Crippen molar-refractivity contribution in [3.8, 4) is 0 Å². The molecular weight excluding hydrogens is 354 g/mol.